The van der Waals surface area contributed by atoms with Gasteiger partial charge in [-0.2, -0.15) is 0 Å². The van der Waals surface area contributed by atoms with E-state index < -0.39 is 6.10 Å². The molecule has 2 aliphatic rings. The summed E-state index contributed by atoms with van der Waals surface area (Å²) in [5.74, 6) is 0.784. The molecule has 8 heteroatoms. The first kappa shape index (κ1) is 18.1. The maximum Gasteiger partial charge on any atom is 0.289 e. The van der Waals surface area contributed by atoms with Crippen LogP contribution >= 0.6 is 0 Å². The minimum Gasteiger partial charge on any atom is -0.497 e. The molecule has 0 unspecified atom stereocenters. The van der Waals surface area contributed by atoms with Crippen LogP contribution in [0.5, 0.6) is 5.75 Å². The van der Waals surface area contributed by atoms with E-state index in [2.05, 4.69) is 5.16 Å². The molecule has 0 saturated carbocycles. The van der Waals surface area contributed by atoms with Crippen molar-refractivity contribution >= 4 is 17.5 Å². The smallest absolute Gasteiger partial charge is 0.289 e. The zero-order chi connectivity index (χ0) is 19.5. The topological polar surface area (TPSA) is 84.6 Å². The van der Waals surface area contributed by atoms with Gasteiger partial charge in [-0.3, -0.25) is 9.59 Å². The van der Waals surface area contributed by atoms with Gasteiger partial charge in [0.2, 0.25) is 6.10 Å². The monoisotopic (exact) mass is 383 g/mol. The Bertz CT molecular complexity index is 885. The molecule has 1 aromatic carbocycles. The van der Waals surface area contributed by atoms with Crippen molar-refractivity contribution in [1.82, 2.24) is 9.80 Å². The van der Waals surface area contributed by atoms with Gasteiger partial charge in [0.15, 0.2) is 5.76 Å². The van der Waals surface area contributed by atoms with Crippen LogP contribution in [0, 0.1) is 0 Å². The molecule has 2 aliphatic heterocycles. The van der Waals surface area contributed by atoms with Gasteiger partial charge >= 0.3 is 0 Å². The summed E-state index contributed by atoms with van der Waals surface area (Å²) in [7, 11) is 1.61. The largest absolute Gasteiger partial charge is 0.497 e. The Morgan fingerprint density at radius 1 is 1.11 bits per heavy atom. The Morgan fingerprint density at radius 3 is 2.61 bits per heavy atom. The molecule has 28 heavy (non-hydrogen) atoms. The number of oxime groups is 1. The van der Waals surface area contributed by atoms with Crippen LogP contribution in [0.2, 0.25) is 0 Å². The number of hydrogen-bond acceptors (Lipinski definition) is 6. The van der Waals surface area contributed by atoms with Crippen molar-refractivity contribution < 1.29 is 23.6 Å². The number of carbonyl (C=O) groups is 2. The molecule has 0 aliphatic carbocycles. The number of hydrogen-bond donors (Lipinski definition) is 0. The minimum atomic E-state index is -0.631. The molecule has 1 atom stereocenters. The van der Waals surface area contributed by atoms with Crippen LogP contribution in [0.4, 0.5) is 0 Å². The molecule has 1 fully saturated rings. The zero-order valence-corrected chi connectivity index (χ0v) is 15.5. The molecular weight excluding hydrogens is 362 g/mol. The molecule has 2 aromatic rings. The summed E-state index contributed by atoms with van der Waals surface area (Å²) in [5, 5.41) is 4.09. The van der Waals surface area contributed by atoms with Crippen molar-refractivity contribution in [2.75, 3.05) is 33.3 Å². The van der Waals surface area contributed by atoms with Crippen LogP contribution < -0.4 is 4.74 Å². The average molecular weight is 383 g/mol. The number of benzene rings is 1. The van der Waals surface area contributed by atoms with E-state index in [9.17, 15) is 9.59 Å². The first-order valence-electron chi connectivity index (χ1n) is 9.14. The van der Waals surface area contributed by atoms with Crippen molar-refractivity contribution in [2.45, 2.75) is 12.5 Å². The Balaban J connectivity index is 1.32. The molecule has 2 amide bonds. The SMILES string of the molecule is COc1cccc(C2=NO[C@H](C(=O)N3CCN(C(=O)c4ccco4)CC3)C2)c1. The normalized spacial score (nSPS) is 19.2. The van der Waals surface area contributed by atoms with Crippen LogP contribution in [-0.2, 0) is 9.63 Å². The molecule has 0 bridgehead atoms. The molecule has 4 rings (SSSR count). The predicted molar refractivity (Wildman–Crippen MR) is 100 cm³/mol. The average Bonchev–Trinajstić information content (AvgIpc) is 3.45. The van der Waals surface area contributed by atoms with E-state index in [0.29, 0.717) is 38.4 Å². The van der Waals surface area contributed by atoms with Crippen molar-refractivity contribution in [2.24, 2.45) is 5.16 Å². The molecule has 146 valence electrons. The minimum absolute atomic E-state index is 0.105. The van der Waals surface area contributed by atoms with Gasteiger partial charge < -0.3 is 23.8 Å². The summed E-state index contributed by atoms with van der Waals surface area (Å²) in [5.41, 5.74) is 1.60. The van der Waals surface area contributed by atoms with Gasteiger partial charge in [-0.1, -0.05) is 17.3 Å². The van der Waals surface area contributed by atoms with Crippen molar-refractivity contribution in [3.05, 3.63) is 54.0 Å². The van der Waals surface area contributed by atoms with Gasteiger partial charge in [0, 0.05) is 38.2 Å². The molecule has 0 radical (unpaired) electrons. The first-order valence-corrected chi connectivity index (χ1v) is 9.14. The van der Waals surface area contributed by atoms with Gasteiger partial charge in [0.1, 0.15) is 5.75 Å². The number of piperazine rings is 1. The third-order valence-electron chi connectivity index (χ3n) is 4.96. The second-order valence-electron chi connectivity index (χ2n) is 6.66. The van der Waals surface area contributed by atoms with Crippen LogP contribution in [0.25, 0.3) is 0 Å². The lowest BCUT2D eigenvalue weighted by Crippen LogP contribution is -2.52. The Kier molecular flexibility index (Phi) is 5.01. The summed E-state index contributed by atoms with van der Waals surface area (Å²) in [6.07, 6.45) is 1.26. The molecule has 1 aromatic heterocycles. The number of amides is 2. The maximum absolute atomic E-state index is 12.8. The van der Waals surface area contributed by atoms with Crippen molar-refractivity contribution in [1.29, 1.82) is 0 Å². The van der Waals surface area contributed by atoms with E-state index in [4.69, 9.17) is 14.0 Å². The summed E-state index contributed by atoms with van der Waals surface area (Å²) in [6, 6.07) is 10.8. The number of ether oxygens (including phenoxy) is 1. The number of carbonyl (C=O) groups excluding carboxylic acids is 2. The molecule has 0 N–H and O–H groups in total. The third kappa shape index (κ3) is 3.58. The van der Waals surface area contributed by atoms with Gasteiger partial charge in [-0.15, -0.1) is 0 Å². The van der Waals surface area contributed by atoms with Crippen molar-refractivity contribution in [3.8, 4) is 5.75 Å². The first-order chi connectivity index (χ1) is 13.7. The van der Waals surface area contributed by atoms with Gasteiger partial charge in [-0.25, -0.2) is 0 Å². The fourth-order valence-corrected chi connectivity index (χ4v) is 3.37. The van der Waals surface area contributed by atoms with Crippen LogP contribution in [0.15, 0.2) is 52.2 Å². The second kappa shape index (κ2) is 7.75. The van der Waals surface area contributed by atoms with E-state index in [-0.39, 0.29) is 11.8 Å². The highest BCUT2D eigenvalue weighted by atomic mass is 16.6. The lowest BCUT2D eigenvalue weighted by molar-refractivity contribution is -0.143. The van der Waals surface area contributed by atoms with Gasteiger partial charge in [-0.05, 0) is 24.3 Å². The van der Waals surface area contributed by atoms with E-state index in [1.54, 1.807) is 29.0 Å². The molecule has 0 spiro atoms. The number of nitrogens with zero attached hydrogens (tertiary/aromatic N) is 3. The lowest BCUT2D eigenvalue weighted by Gasteiger charge is -2.35. The van der Waals surface area contributed by atoms with Gasteiger partial charge in [0.25, 0.3) is 11.8 Å². The number of rotatable bonds is 4. The van der Waals surface area contributed by atoms with E-state index in [1.807, 2.05) is 24.3 Å². The fraction of sp³-hybridized carbons (Fsp3) is 0.350. The highest BCUT2D eigenvalue weighted by molar-refractivity contribution is 6.04. The zero-order valence-electron chi connectivity index (χ0n) is 15.5. The highest BCUT2D eigenvalue weighted by Gasteiger charge is 2.34. The summed E-state index contributed by atoms with van der Waals surface area (Å²) >= 11 is 0. The molecule has 8 nitrogen and oxygen atoms in total. The Morgan fingerprint density at radius 2 is 1.89 bits per heavy atom. The lowest BCUT2D eigenvalue weighted by atomic mass is 10.0. The summed E-state index contributed by atoms with van der Waals surface area (Å²) < 4.78 is 10.4. The number of furan rings is 1. The van der Waals surface area contributed by atoms with Crippen LogP contribution in [-0.4, -0.2) is 66.7 Å². The van der Waals surface area contributed by atoms with E-state index >= 15 is 0 Å². The maximum atomic E-state index is 12.8. The Hall–Kier alpha value is -3.29. The second-order valence-corrected chi connectivity index (χ2v) is 6.66. The fourth-order valence-electron chi connectivity index (χ4n) is 3.37. The van der Waals surface area contributed by atoms with Crippen molar-refractivity contribution in [3.63, 3.8) is 0 Å². The number of methoxy groups -OCH3 is 1. The van der Waals surface area contributed by atoms with Crippen LogP contribution in [0.3, 0.4) is 0 Å². The molecule has 3 heterocycles. The van der Waals surface area contributed by atoms with E-state index in [0.717, 1.165) is 17.0 Å². The van der Waals surface area contributed by atoms with Gasteiger partial charge in [0.05, 0.1) is 19.1 Å². The molecule has 1 saturated heterocycles. The predicted octanol–water partition coefficient (Wildman–Crippen LogP) is 1.77. The summed E-state index contributed by atoms with van der Waals surface area (Å²) in [4.78, 5) is 33.9. The third-order valence-corrected chi connectivity index (χ3v) is 4.96. The summed E-state index contributed by atoms with van der Waals surface area (Å²) in [6.45, 7) is 1.84. The standard InChI is InChI=1S/C20H21N3O5/c1-26-15-5-2-4-14(12-15)16-13-18(28-21-16)20(25)23-9-7-22(8-10-23)19(24)17-6-3-11-27-17/h2-6,11-12,18H,7-10,13H2,1H3/t18-/m0/s1. The quantitative estimate of drug-likeness (QED) is 0.803. The Labute approximate surface area is 162 Å². The van der Waals surface area contributed by atoms with Crippen LogP contribution in [0.1, 0.15) is 22.5 Å². The highest BCUT2D eigenvalue weighted by Crippen LogP contribution is 2.22. The van der Waals surface area contributed by atoms with E-state index in [1.165, 1.54) is 6.26 Å². The molecular formula is C20H21N3O5.